The van der Waals surface area contributed by atoms with Crippen LogP contribution in [0.25, 0.3) is 22.2 Å². The number of nitrogens with zero attached hydrogens (tertiary/aromatic N) is 2. The number of carbonyl (C=O) groups excluding carboxylic acids is 1. The lowest BCUT2D eigenvalue weighted by molar-refractivity contribution is -0.121. The topological polar surface area (TPSA) is 71.9 Å². The Labute approximate surface area is 185 Å². The first-order valence-electron chi connectivity index (χ1n) is 10.1. The molecule has 0 radical (unpaired) electrons. The summed E-state index contributed by atoms with van der Waals surface area (Å²) in [5.74, 6) is 1.54. The van der Waals surface area contributed by atoms with Gasteiger partial charge in [0.15, 0.2) is 10.6 Å². The molecule has 0 saturated carbocycles. The zero-order chi connectivity index (χ0) is 21.8. The molecule has 1 aromatic heterocycles. The maximum absolute atomic E-state index is 12.5. The zero-order valence-electron chi connectivity index (χ0n) is 17.5. The van der Waals surface area contributed by atoms with Crippen LogP contribution >= 0.6 is 12.2 Å². The molecule has 1 heterocycles. The molecule has 4 aromatic rings. The van der Waals surface area contributed by atoms with Gasteiger partial charge < -0.3 is 10.1 Å². The van der Waals surface area contributed by atoms with Crippen LogP contribution in [0.4, 0.5) is 0 Å². The summed E-state index contributed by atoms with van der Waals surface area (Å²) < 4.78 is 7.64. The van der Waals surface area contributed by atoms with Gasteiger partial charge in [-0.2, -0.15) is 5.10 Å². The van der Waals surface area contributed by atoms with Gasteiger partial charge in [0, 0.05) is 25.1 Å². The van der Waals surface area contributed by atoms with Crippen molar-refractivity contribution >= 4 is 28.9 Å². The summed E-state index contributed by atoms with van der Waals surface area (Å²) >= 11 is 5.37. The van der Waals surface area contributed by atoms with Crippen LogP contribution in [-0.4, -0.2) is 27.8 Å². The number of aromatic nitrogens is 3. The van der Waals surface area contributed by atoms with Crippen molar-refractivity contribution in [2.24, 2.45) is 0 Å². The Hall–Kier alpha value is -3.45. The second kappa shape index (κ2) is 9.14. The molecule has 6 nitrogen and oxygen atoms in total. The fourth-order valence-corrected chi connectivity index (χ4v) is 3.77. The number of hydrogen-bond donors (Lipinski definition) is 2. The van der Waals surface area contributed by atoms with Crippen molar-refractivity contribution in [1.29, 1.82) is 0 Å². The van der Waals surface area contributed by atoms with Gasteiger partial charge in [0.2, 0.25) is 5.91 Å². The Bertz CT molecular complexity index is 1290. The van der Waals surface area contributed by atoms with E-state index in [1.807, 2.05) is 60.0 Å². The van der Waals surface area contributed by atoms with Crippen molar-refractivity contribution in [1.82, 2.24) is 20.1 Å². The lowest BCUT2D eigenvalue weighted by Crippen LogP contribution is -2.24. The number of aryl methyl sites for hydroxylation is 1. The third kappa shape index (κ3) is 4.83. The van der Waals surface area contributed by atoms with Gasteiger partial charge in [-0.1, -0.05) is 42.0 Å². The third-order valence-electron chi connectivity index (χ3n) is 5.20. The highest BCUT2D eigenvalue weighted by molar-refractivity contribution is 7.71. The normalized spacial score (nSPS) is 10.9. The van der Waals surface area contributed by atoms with Crippen LogP contribution in [0.1, 0.15) is 17.5 Å². The monoisotopic (exact) mass is 432 g/mol. The van der Waals surface area contributed by atoms with Gasteiger partial charge in [-0.15, -0.1) is 0 Å². The summed E-state index contributed by atoms with van der Waals surface area (Å²) in [7, 11) is 1.66. The van der Waals surface area contributed by atoms with Gasteiger partial charge in [0.25, 0.3) is 0 Å². The van der Waals surface area contributed by atoms with Crippen LogP contribution in [0.2, 0.25) is 0 Å². The van der Waals surface area contributed by atoms with Crippen molar-refractivity contribution < 1.29 is 9.53 Å². The molecule has 31 heavy (non-hydrogen) atoms. The number of nitrogens with one attached hydrogen (secondary N) is 2. The van der Waals surface area contributed by atoms with E-state index in [4.69, 9.17) is 17.0 Å². The quantitative estimate of drug-likeness (QED) is 0.412. The molecule has 158 valence electrons. The van der Waals surface area contributed by atoms with E-state index >= 15 is 0 Å². The van der Waals surface area contributed by atoms with Crippen molar-refractivity contribution in [3.8, 4) is 17.1 Å². The molecule has 0 bridgehead atoms. The molecule has 0 saturated heterocycles. The van der Waals surface area contributed by atoms with E-state index in [1.54, 1.807) is 7.11 Å². The maximum Gasteiger partial charge on any atom is 0.222 e. The van der Waals surface area contributed by atoms with Gasteiger partial charge >= 0.3 is 0 Å². The van der Waals surface area contributed by atoms with E-state index < -0.39 is 0 Å². The standard InChI is InChI=1S/C24H24N4O2S/c1-16-4-3-5-20(12-16)23-26-27-24(31)28(23)11-10-22(29)25-15-17-6-7-19-14-21(30-2)9-8-18(19)13-17/h3-9,12-14H,10-11,15H2,1-2H3,(H,25,29)(H,27,31). The lowest BCUT2D eigenvalue weighted by atomic mass is 10.1. The Balaban J connectivity index is 1.39. The van der Waals surface area contributed by atoms with Crippen molar-refractivity contribution in [3.05, 3.63) is 76.6 Å². The predicted molar refractivity (Wildman–Crippen MR) is 125 cm³/mol. The number of H-pyrrole nitrogens is 1. The first-order valence-corrected chi connectivity index (χ1v) is 10.5. The number of aromatic amines is 1. The van der Waals surface area contributed by atoms with Gasteiger partial charge in [0.1, 0.15) is 5.75 Å². The molecule has 2 N–H and O–H groups in total. The average molecular weight is 433 g/mol. The van der Waals surface area contributed by atoms with Crippen LogP contribution < -0.4 is 10.1 Å². The van der Waals surface area contributed by atoms with Crippen molar-refractivity contribution in [2.75, 3.05) is 7.11 Å². The summed E-state index contributed by atoms with van der Waals surface area (Å²) in [6.45, 7) is 2.97. The van der Waals surface area contributed by atoms with E-state index in [9.17, 15) is 4.79 Å². The van der Waals surface area contributed by atoms with Gasteiger partial charge in [0.05, 0.1) is 7.11 Å². The Kier molecular flexibility index (Phi) is 6.13. The van der Waals surface area contributed by atoms with E-state index in [-0.39, 0.29) is 5.91 Å². The van der Waals surface area contributed by atoms with Crippen molar-refractivity contribution in [3.63, 3.8) is 0 Å². The maximum atomic E-state index is 12.5. The highest BCUT2D eigenvalue weighted by Gasteiger charge is 2.11. The largest absolute Gasteiger partial charge is 0.497 e. The number of ether oxygens (including phenoxy) is 1. The molecule has 0 spiro atoms. The second-order valence-corrected chi connectivity index (χ2v) is 7.83. The molecular formula is C24H24N4O2S. The minimum absolute atomic E-state index is 0.0341. The number of rotatable bonds is 7. The third-order valence-corrected chi connectivity index (χ3v) is 5.51. The Morgan fingerprint density at radius 1 is 1.13 bits per heavy atom. The van der Waals surface area contributed by atoms with Crippen LogP contribution in [0.3, 0.4) is 0 Å². The highest BCUT2D eigenvalue weighted by atomic mass is 32.1. The van der Waals surface area contributed by atoms with Gasteiger partial charge in [-0.05, 0) is 59.7 Å². The number of amides is 1. The molecule has 0 aliphatic heterocycles. The summed E-state index contributed by atoms with van der Waals surface area (Å²) in [6, 6.07) is 20.2. The number of benzene rings is 3. The minimum Gasteiger partial charge on any atom is -0.497 e. The number of carbonyl (C=O) groups is 1. The molecule has 7 heteroatoms. The Morgan fingerprint density at radius 2 is 1.94 bits per heavy atom. The summed E-state index contributed by atoms with van der Waals surface area (Å²) in [6.07, 6.45) is 0.317. The molecule has 0 aliphatic carbocycles. The summed E-state index contributed by atoms with van der Waals surface area (Å²) in [5, 5.41) is 12.4. The van der Waals surface area contributed by atoms with Crippen LogP contribution in [0, 0.1) is 11.7 Å². The number of fused-ring (bicyclic) bond motifs is 1. The van der Waals surface area contributed by atoms with Gasteiger partial charge in [-0.3, -0.25) is 14.5 Å². The first kappa shape index (κ1) is 20.8. The summed E-state index contributed by atoms with van der Waals surface area (Å²) in [4.78, 5) is 12.5. The van der Waals surface area contributed by atoms with Crippen molar-refractivity contribution in [2.45, 2.75) is 26.4 Å². The first-order chi connectivity index (χ1) is 15.0. The molecule has 4 rings (SSSR count). The van der Waals surface area contributed by atoms with Gasteiger partial charge in [-0.25, -0.2) is 0 Å². The number of methoxy groups -OCH3 is 1. The van der Waals surface area contributed by atoms with Crippen LogP contribution in [0.5, 0.6) is 5.75 Å². The fourth-order valence-electron chi connectivity index (χ4n) is 3.54. The minimum atomic E-state index is -0.0341. The van der Waals surface area contributed by atoms with E-state index in [1.165, 1.54) is 0 Å². The molecular weight excluding hydrogens is 408 g/mol. The lowest BCUT2D eigenvalue weighted by Gasteiger charge is -2.09. The van der Waals surface area contributed by atoms with Crippen LogP contribution in [-0.2, 0) is 17.9 Å². The Morgan fingerprint density at radius 3 is 2.74 bits per heavy atom. The molecule has 1 amide bonds. The van der Waals surface area contributed by atoms with E-state index in [2.05, 4.69) is 27.6 Å². The fraction of sp³-hybridized carbons (Fsp3) is 0.208. The second-order valence-electron chi connectivity index (χ2n) is 7.45. The summed E-state index contributed by atoms with van der Waals surface area (Å²) in [5.41, 5.74) is 3.16. The van der Waals surface area contributed by atoms with E-state index in [0.29, 0.717) is 24.3 Å². The molecule has 3 aromatic carbocycles. The number of hydrogen-bond acceptors (Lipinski definition) is 4. The van der Waals surface area contributed by atoms with Crippen LogP contribution in [0.15, 0.2) is 60.7 Å². The SMILES string of the molecule is COc1ccc2cc(CNC(=O)CCn3c(-c4cccc(C)c4)n[nH]c3=S)ccc2c1. The smallest absolute Gasteiger partial charge is 0.222 e. The molecule has 0 aliphatic rings. The highest BCUT2D eigenvalue weighted by Crippen LogP contribution is 2.22. The molecule has 0 unspecified atom stereocenters. The van der Waals surface area contributed by atoms with E-state index in [0.717, 1.165) is 39.0 Å². The zero-order valence-corrected chi connectivity index (χ0v) is 18.3. The molecule has 0 atom stereocenters. The average Bonchev–Trinajstić information content (AvgIpc) is 3.16. The predicted octanol–water partition coefficient (Wildman–Crippen LogP) is 4.78. The molecule has 0 fully saturated rings.